The van der Waals surface area contributed by atoms with Crippen molar-refractivity contribution in [2.24, 2.45) is 0 Å². The fraction of sp³-hybridized carbons (Fsp3) is 0. The van der Waals surface area contributed by atoms with Crippen LogP contribution >= 0.6 is 31.9 Å². The van der Waals surface area contributed by atoms with E-state index in [0.29, 0.717) is 22.3 Å². The van der Waals surface area contributed by atoms with Crippen LogP contribution in [0.25, 0.3) is 22.3 Å². The van der Waals surface area contributed by atoms with E-state index in [0.717, 1.165) is 0 Å². The highest BCUT2D eigenvalue weighted by Gasteiger charge is 2.24. The summed E-state index contributed by atoms with van der Waals surface area (Å²) in [7, 11) is -3.96. The van der Waals surface area contributed by atoms with Gasteiger partial charge in [-0.2, -0.15) is 0 Å². The number of halogens is 2. The molecular formula is C24H16Br2O4S. The van der Waals surface area contributed by atoms with Crippen molar-refractivity contribution in [1.29, 1.82) is 0 Å². The summed E-state index contributed by atoms with van der Waals surface area (Å²) in [6.45, 7) is 0. The van der Waals surface area contributed by atoms with E-state index in [-0.39, 0.29) is 30.2 Å². The van der Waals surface area contributed by atoms with Gasteiger partial charge in [0.05, 0.1) is 18.7 Å². The zero-order chi connectivity index (χ0) is 22.2. The third-order valence-electron chi connectivity index (χ3n) is 4.86. The molecule has 156 valence electrons. The molecule has 0 spiro atoms. The van der Waals surface area contributed by atoms with Gasteiger partial charge >= 0.3 is 0 Å². The van der Waals surface area contributed by atoms with Crippen molar-refractivity contribution in [3.8, 4) is 33.8 Å². The molecule has 0 unspecified atom stereocenters. The molecule has 0 aromatic heterocycles. The van der Waals surface area contributed by atoms with Gasteiger partial charge in [0.25, 0.3) is 0 Å². The van der Waals surface area contributed by atoms with Crippen molar-refractivity contribution >= 4 is 41.7 Å². The number of sulfone groups is 1. The van der Waals surface area contributed by atoms with Crippen LogP contribution in [0.2, 0.25) is 0 Å². The van der Waals surface area contributed by atoms with E-state index in [9.17, 15) is 18.6 Å². The molecule has 7 heteroatoms. The fourth-order valence-corrected chi connectivity index (χ4v) is 5.86. The second-order valence-corrected chi connectivity index (χ2v) is 10.5. The van der Waals surface area contributed by atoms with Gasteiger partial charge in [-0.05, 0) is 67.3 Å². The van der Waals surface area contributed by atoms with Crippen molar-refractivity contribution in [1.82, 2.24) is 0 Å². The standard InChI is InChI=1S/C24H16Br2O4S/c25-21-13-17(11-19(23(21)27)15-7-3-1-4-8-15)31(29,30)18-12-20(24(28)22(26)14-18)16-9-5-2-6-10-16/h1-14,27-28H. The highest BCUT2D eigenvalue weighted by molar-refractivity contribution is 9.11. The average Bonchev–Trinajstić information content (AvgIpc) is 2.78. The maximum absolute atomic E-state index is 13.5. The van der Waals surface area contributed by atoms with Crippen LogP contribution in [-0.4, -0.2) is 18.6 Å². The molecule has 0 bridgehead atoms. The predicted molar refractivity (Wildman–Crippen MR) is 128 cm³/mol. The number of hydrogen-bond acceptors (Lipinski definition) is 4. The number of benzene rings is 4. The molecular weight excluding hydrogens is 544 g/mol. The molecule has 2 N–H and O–H groups in total. The van der Waals surface area contributed by atoms with E-state index in [4.69, 9.17) is 0 Å². The molecule has 0 radical (unpaired) electrons. The number of hydrogen-bond donors (Lipinski definition) is 2. The zero-order valence-electron chi connectivity index (χ0n) is 16.0. The first-order valence-corrected chi connectivity index (χ1v) is 12.3. The number of aromatic hydroxyl groups is 2. The van der Waals surface area contributed by atoms with Crippen LogP contribution in [-0.2, 0) is 9.84 Å². The summed E-state index contributed by atoms with van der Waals surface area (Å²) in [5, 5.41) is 21.0. The molecule has 0 heterocycles. The molecule has 4 nitrogen and oxygen atoms in total. The van der Waals surface area contributed by atoms with E-state index in [1.54, 1.807) is 24.3 Å². The summed E-state index contributed by atoms with van der Waals surface area (Å²) in [4.78, 5) is 0.0419. The summed E-state index contributed by atoms with van der Waals surface area (Å²) >= 11 is 6.55. The van der Waals surface area contributed by atoms with Crippen LogP contribution in [0.3, 0.4) is 0 Å². The Hall–Kier alpha value is -2.61. The third kappa shape index (κ3) is 4.13. The summed E-state index contributed by atoms with van der Waals surface area (Å²) in [5.41, 5.74) is 2.17. The maximum atomic E-state index is 13.5. The third-order valence-corrected chi connectivity index (χ3v) is 7.79. The van der Waals surface area contributed by atoms with E-state index >= 15 is 0 Å². The first-order chi connectivity index (χ1) is 14.8. The Kier molecular flexibility index (Phi) is 5.92. The molecule has 4 aromatic carbocycles. The molecule has 0 aliphatic heterocycles. The second-order valence-electron chi connectivity index (χ2n) is 6.84. The van der Waals surface area contributed by atoms with Crippen LogP contribution in [0.4, 0.5) is 0 Å². The maximum Gasteiger partial charge on any atom is 0.206 e. The summed E-state index contributed by atoms with van der Waals surface area (Å²) in [6, 6.07) is 23.8. The van der Waals surface area contributed by atoms with Crippen molar-refractivity contribution in [3.63, 3.8) is 0 Å². The molecule has 0 aliphatic carbocycles. The molecule has 0 fully saturated rings. The lowest BCUT2D eigenvalue weighted by atomic mass is 10.0. The molecule has 0 saturated heterocycles. The van der Waals surface area contributed by atoms with Crippen LogP contribution in [0, 0.1) is 0 Å². The lowest BCUT2D eigenvalue weighted by Gasteiger charge is -2.14. The minimum atomic E-state index is -3.96. The molecule has 4 aromatic rings. The Morgan fingerprint density at radius 3 is 1.29 bits per heavy atom. The molecule has 0 atom stereocenters. The van der Waals surface area contributed by atoms with Crippen molar-refractivity contribution in [3.05, 3.63) is 93.9 Å². The van der Waals surface area contributed by atoms with Crippen molar-refractivity contribution in [2.45, 2.75) is 9.79 Å². The lowest BCUT2D eigenvalue weighted by Crippen LogP contribution is -2.03. The molecule has 31 heavy (non-hydrogen) atoms. The first kappa shape index (κ1) is 21.6. The number of phenolic OH excluding ortho intramolecular Hbond substituents is 2. The molecule has 0 amide bonds. The average molecular weight is 560 g/mol. The Bertz CT molecular complexity index is 1270. The lowest BCUT2D eigenvalue weighted by molar-refractivity contribution is 0.473. The topological polar surface area (TPSA) is 74.6 Å². The fourth-order valence-electron chi connectivity index (χ4n) is 3.27. The minimum Gasteiger partial charge on any atom is -0.506 e. The van der Waals surface area contributed by atoms with Gasteiger partial charge in [0.2, 0.25) is 9.84 Å². The molecule has 4 rings (SSSR count). The van der Waals surface area contributed by atoms with Crippen LogP contribution in [0.1, 0.15) is 0 Å². The highest BCUT2D eigenvalue weighted by Crippen LogP contribution is 2.42. The van der Waals surface area contributed by atoms with E-state index < -0.39 is 9.84 Å². The van der Waals surface area contributed by atoms with E-state index in [1.807, 2.05) is 36.4 Å². The normalized spacial score (nSPS) is 11.4. The van der Waals surface area contributed by atoms with E-state index in [1.165, 1.54) is 24.3 Å². The molecule has 0 aliphatic rings. The van der Waals surface area contributed by atoms with Gasteiger partial charge in [-0.3, -0.25) is 0 Å². The largest absolute Gasteiger partial charge is 0.506 e. The van der Waals surface area contributed by atoms with Gasteiger partial charge in [0, 0.05) is 11.1 Å². The zero-order valence-corrected chi connectivity index (χ0v) is 19.9. The Balaban J connectivity index is 1.91. The minimum absolute atomic E-state index is 0.0210. The summed E-state index contributed by atoms with van der Waals surface area (Å²) in [5.74, 6) is -0.0796. The van der Waals surface area contributed by atoms with E-state index in [2.05, 4.69) is 31.9 Å². The molecule has 0 saturated carbocycles. The Labute approximate surface area is 197 Å². The second kappa shape index (κ2) is 8.49. The predicted octanol–water partition coefficient (Wildman–Crippen LogP) is 6.79. The number of rotatable bonds is 4. The van der Waals surface area contributed by atoms with Gasteiger partial charge in [-0.25, -0.2) is 8.42 Å². The quantitative estimate of drug-likeness (QED) is 0.289. The smallest absolute Gasteiger partial charge is 0.206 e. The summed E-state index contributed by atoms with van der Waals surface area (Å²) < 4.78 is 27.6. The van der Waals surface area contributed by atoms with Crippen molar-refractivity contribution < 1.29 is 18.6 Å². The van der Waals surface area contributed by atoms with Crippen molar-refractivity contribution in [2.75, 3.05) is 0 Å². The van der Waals surface area contributed by atoms with Crippen LogP contribution in [0.15, 0.2) is 104 Å². The van der Waals surface area contributed by atoms with Gasteiger partial charge in [-0.1, -0.05) is 60.7 Å². The van der Waals surface area contributed by atoms with Gasteiger partial charge in [-0.15, -0.1) is 0 Å². The van der Waals surface area contributed by atoms with Gasteiger partial charge < -0.3 is 10.2 Å². The van der Waals surface area contributed by atoms with Gasteiger partial charge in [0.15, 0.2) is 0 Å². The van der Waals surface area contributed by atoms with Crippen LogP contribution < -0.4 is 0 Å². The highest BCUT2D eigenvalue weighted by atomic mass is 79.9. The number of phenols is 2. The Morgan fingerprint density at radius 2 is 0.935 bits per heavy atom. The first-order valence-electron chi connectivity index (χ1n) is 9.20. The Morgan fingerprint density at radius 1 is 0.581 bits per heavy atom. The van der Waals surface area contributed by atoms with Crippen LogP contribution in [0.5, 0.6) is 11.5 Å². The van der Waals surface area contributed by atoms with Gasteiger partial charge in [0.1, 0.15) is 11.5 Å². The summed E-state index contributed by atoms with van der Waals surface area (Å²) in [6.07, 6.45) is 0. The SMILES string of the molecule is O=S(=O)(c1cc(Br)c(O)c(-c2ccccc2)c1)c1cc(Br)c(O)c(-c2ccccc2)c1. The monoisotopic (exact) mass is 558 g/mol.